The number of likely N-dealkylation sites (N-methyl/N-ethyl adjacent to an activating group) is 1. The van der Waals surface area contributed by atoms with E-state index in [0.29, 0.717) is 23.7 Å². The molecular weight excluding hydrogens is 334 g/mol. The fraction of sp³-hybridized carbons (Fsp3) is 0.316. The number of carbonyl (C=O) groups excluding carboxylic acids is 1. The Morgan fingerprint density at radius 2 is 2.00 bits per heavy atom. The molecule has 0 spiro atoms. The second-order valence-electron chi connectivity index (χ2n) is 6.16. The number of hydrogen-bond acceptors (Lipinski definition) is 5. The van der Waals surface area contributed by atoms with Crippen LogP contribution in [0.4, 0.5) is 10.5 Å². The molecule has 0 fully saturated rings. The molecule has 0 saturated carbocycles. The number of rotatable bonds is 6. The Labute approximate surface area is 152 Å². The van der Waals surface area contributed by atoms with Gasteiger partial charge in [0, 0.05) is 18.3 Å². The first kappa shape index (κ1) is 17.9. The number of nitrogens with zero attached hydrogens (tertiary/aromatic N) is 1. The largest absolute Gasteiger partial charge is 0.497 e. The molecule has 0 saturated heterocycles. The van der Waals surface area contributed by atoms with E-state index in [-0.39, 0.29) is 18.9 Å². The molecule has 7 nitrogen and oxygen atoms in total. The molecule has 0 unspecified atom stereocenters. The van der Waals surface area contributed by atoms with Crippen LogP contribution in [0.5, 0.6) is 17.2 Å². The number of amides is 2. The van der Waals surface area contributed by atoms with E-state index in [1.807, 2.05) is 38.4 Å². The lowest BCUT2D eigenvalue weighted by Crippen LogP contribution is -2.36. The van der Waals surface area contributed by atoms with Gasteiger partial charge in [-0.2, -0.15) is 0 Å². The molecule has 0 aromatic heterocycles. The molecule has 7 heteroatoms. The van der Waals surface area contributed by atoms with Gasteiger partial charge >= 0.3 is 6.03 Å². The molecule has 3 rings (SSSR count). The number of anilines is 1. The minimum atomic E-state index is -0.279. The molecule has 26 heavy (non-hydrogen) atoms. The van der Waals surface area contributed by atoms with Gasteiger partial charge in [0.25, 0.3) is 0 Å². The van der Waals surface area contributed by atoms with Crippen LogP contribution in [0.2, 0.25) is 0 Å². The molecule has 1 aliphatic rings. The molecule has 2 aromatic carbocycles. The Morgan fingerprint density at radius 1 is 1.19 bits per heavy atom. The fourth-order valence-electron chi connectivity index (χ4n) is 2.79. The van der Waals surface area contributed by atoms with Crippen LogP contribution in [0.25, 0.3) is 0 Å². The second kappa shape index (κ2) is 7.97. The Morgan fingerprint density at radius 3 is 2.77 bits per heavy atom. The predicted octanol–water partition coefficient (Wildman–Crippen LogP) is 2.85. The van der Waals surface area contributed by atoms with Crippen molar-refractivity contribution in [3.8, 4) is 17.2 Å². The Kier molecular flexibility index (Phi) is 5.48. The predicted molar refractivity (Wildman–Crippen MR) is 99.0 cm³/mol. The number of nitrogens with one attached hydrogen (secondary N) is 2. The highest BCUT2D eigenvalue weighted by molar-refractivity contribution is 5.89. The van der Waals surface area contributed by atoms with Crippen molar-refractivity contribution in [3.05, 3.63) is 48.0 Å². The van der Waals surface area contributed by atoms with Crippen molar-refractivity contribution in [3.63, 3.8) is 0 Å². The summed E-state index contributed by atoms with van der Waals surface area (Å²) < 4.78 is 15.9. The van der Waals surface area contributed by atoms with E-state index in [0.717, 1.165) is 11.3 Å². The topological polar surface area (TPSA) is 72.1 Å². The quantitative estimate of drug-likeness (QED) is 0.832. The number of benzene rings is 2. The molecule has 1 atom stereocenters. The Balaban J connectivity index is 1.61. The van der Waals surface area contributed by atoms with Crippen LogP contribution in [-0.4, -0.2) is 45.5 Å². The highest BCUT2D eigenvalue weighted by Gasteiger charge is 2.17. The zero-order valence-corrected chi connectivity index (χ0v) is 15.1. The van der Waals surface area contributed by atoms with Gasteiger partial charge in [0.2, 0.25) is 6.79 Å². The average molecular weight is 357 g/mol. The lowest BCUT2D eigenvalue weighted by atomic mass is 10.1. The molecular formula is C19H23N3O4. The van der Waals surface area contributed by atoms with Gasteiger partial charge in [0.1, 0.15) is 5.75 Å². The second-order valence-corrected chi connectivity index (χ2v) is 6.16. The number of hydrogen-bond donors (Lipinski definition) is 2. The SMILES string of the molecule is COc1cccc([C@H](CNC(=O)Nc2ccc3c(c2)OCO3)N(C)C)c1. The first-order valence-corrected chi connectivity index (χ1v) is 8.31. The number of urea groups is 1. The van der Waals surface area contributed by atoms with Crippen molar-refractivity contribution in [2.45, 2.75) is 6.04 Å². The molecule has 2 amide bonds. The third kappa shape index (κ3) is 4.18. The van der Waals surface area contributed by atoms with Crippen molar-refractivity contribution in [2.24, 2.45) is 0 Å². The van der Waals surface area contributed by atoms with E-state index in [1.54, 1.807) is 25.3 Å². The van der Waals surface area contributed by atoms with Gasteiger partial charge in [-0.15, -0.1) is 0 Å². The van der Waals surface area contributed by atoms with E-state index >= 15 is 0 Å². The summed E-state index contributed by atoms with van der Waals surface area (Å²) in [6.07, 6.45) is 0. The molecule has 138 valence electrons. The van der Waals surface area contributed by atoms with Gasteiger partial charge < -0.3 is 29.7 Å². The van der Waals surface area contributed by atoms with Crippen LogP contribution in [0.1, 0.15) is 11.6 Å². The number of ether oxygens (including phenoxy) is 3. The summed E-state index contributed by atoms with van der Waals surface area (Å²) in [7, 11) is 5.59. The number of carbonyl (C=O) groups is 1. The van der Waals surface area contributed by atoms with Gasteiger partial charge in [-0.25, -0.2) is 4.79 Å². The maximum absolute atomic E-state index is 12.3. The summed E-state index contributed by atoms with van der Waals surface area (Å²) >= 11 is 0. The van der Waals surface area contributed by atoms with E-state index in [2.05, 4.69) is 15.5 Å². The maximum atomic E-state index is 12.3. The van der Waals surface area contributed by atoms with Gasteiger partial charge in [-0.05, 0) is 43.9 Å². The first-order valence-electron chi connectivity index (χ1n) is 8.31. The van der Waals surface area contributed by atoms with Crippen molar-refractivity contribution >= 4 is 11.7 Å². The molecule has 1 heterocycles. The number of methoxy groups -OCH3 is 1. The van der Waals surface area contributed by atoms with Crippen molar-refractivity contribution in [1.82, 2.24) is 10.2 Å². The molecule has 0 radical (unpaired) electrons. The average Bonchev–Trinajstić information content (AvgIpc) is 3.09. The van der Waals surface area contributed by atoms with Crippen molar-refractivity contribution in [2.75, 3.05) is 39.9 Å². The van der Waals surface area contributed by atoms with Crippen molar-refractivity contribution < 1.29 is 19.0 Å². The minimum Gasteiger partial charge on any atom is -0.497 e. The van der Waals surface area contributed by atoms with Crippen LogP contribution < -0.4 is 24.8 Å². The lowest BCUT2D eigenvalue weighted by molar-refractivity contribution is 0.174. The summed E-state index contributed by atoms with van der Waals surface area (Å²) in [5.74, 6) is 2.10. The molecule has 2 N–H and O–H groups in total. The smallest absolute Gasteiger partial charge is 0.319 e. The van der Waals surface area contributed by atoms with Gasteiger partial charge in [-0.1, -0.05) is 12.1 Å². The first-order chi connectivity index (χ1) is 12.6. The molecule has 0 bridgehead atoms. The number of fused-ring (bicyclic) bond motifs is 1. The van der Waals surface area contributed by atoms with Crippen LogP contribution in [0.15, 0.2) is 42.5 Å². The summed E-state index contributed by atoms with van der Waals surface area (Å²) in [4.78, 5) is 14.3. The monoisotopic (exact) mass is 357 g/mol. The van der Waals surface area contributed by atoms with Gasteiger partial charge in [0.05, 0.1) is 13.2 Å². The van der Waals surface area contributed by atoms with Crippen molar-refractivity contribution in [1.29, 1.82) is 0 Å². The third-order valence-corrected chi connectivity index (χ3v) is 4.19. The van der Waals surface area contributed by atoms with E-state index in [9.17, 15) is 4.79 Å². The van der Waals surface area contributed by atoms with E-state index in [1.165, 1.54) is 0 Å². The van der Waals surface area contributed by atoms with E-state index < -0.39 is 0 Å². The summed E-state index contributed by atoms with van der Waals surface area (Å²) in [5, 5.41) is 5.72. The zero-order valence-electron chi connectivity index (χ0n) is 15.1. The summed E-state index contributed by atoms with van der Waals surface area (Å²) in [5.41, 5.74) is 1.72. The third-order valence-electron chi connectivity index (χ3n) is 4.19. The van der Waals surface area contributed by atoms with Gasteiger partial charge in [0.15, 0.2) is 11.5 Å². The van der Waals surface area contributed by atoms with Crippen LogP contribution in [-0.2, 0) is 0 Å². The maximum Gasteiger partial charge on any atom is 0.319 e. The highest BCUT2D eigenvalue weighted by atomic mass is 16.7. The normalized spacial score (nSPS) is 13.4. The standard InChI is InChI=1S/C19H23N3O4/c1-22(2)16(13-5-4-6-15(9-13)24-3)11-20-19(23)21-14-7-8-17-18(10-14)26-12-25-17/h4-10,16H,11-12H2,1-3H3,(H2,20,21,23)/t16-/m0/s1. The highest BCUT2D eigenvalue weighted by Crippen LogP contribution is 2.34. The van der Waals surface area contributed by atoms with Crippen LogP contribution >= 0.6 is 0 Å². The zero-order chi connectivity index (χ0) is 18.5. The van der Waals surface area contributed by atoms with E-state index in [4.69, 9.17) is 14.2 Å². The molecule has 1 aliphatic heterocycles. The lowest BCUT2D eigenvalue weighted by Gasteiger charge is -2.25. The van der Waals surface area contributed by atoms with Gasteiger partial charge in [-0.3, -0.25) is 0 Å². The van der Waals surface area contributed by atoms with Crippen LogP contribution in [0, 0.1) is 0 Å². The Hall–Kier alpha value is -2.93. The fourth-order valence-corrected chi connectivity index (χ4v) is 2.79. The molecule has 0 aliphatic carbocycles. The Bertz CT molecular complexity index is 779. The summed E-state index contributed by atoms with van der Waals surface area (Å²) in [6, 6.07) is 12.9. The summed E-state index contributed by atoms with van der Waals surface area (Å²) in [6.45, 7) is 0.659. The van der Waals surface area contributed by atoms with Crippen LogP contribution in [0.3, 0.4) is 0 Å². The molecule has 2 aromatic rings. The minimum absolute atomic E-state index is 0.0209.